The first kappa shape index (κ1) is 14.4. The molecule has 0 saturated carbocycles. The van der Waals surface area contributed by atoms with Gasteiger partial charge in [-0.05, 0) is 25.2 Å². The maximum absolute atomic E-state index is 5.61. The number of hydrogen-bond acceptors (Lipinski definition) is 2. The number of hydrogen-bond donors (Lipinski definition) is 1. The van der Waals surface area contributed by atoms with E-state index in [0.29, 0.717) is 13.2 Å². The van der Waals surface area contributed by atoms with Crippen molar-refractivity contribution in [2.45, 2.75) is 13.2 Å². The van der Waals surface area contributed by atoms with Gasteiger partial charge in [-0.3, -0.25) is 0 Å². The van der Waals surface area contributed by atoms with Gasteiger partial charge in [0, 0.05) is 0 Å². The van der Waals surface area contributed by atoms with Crippen LogP contribution in [-0.2, 0) is 18.0 Å². The molecule has 0 bridgehead atoms. The Morgan fingerprint density at radius 2 is 1.06 bits per heavy atom. The van der Waals surface area contributed by atoms with Crippen LogP contribution in [-0.4, -0.2) is 14.1 Å². The van der Waals surface area contributed by atoms with Crippen LogP contribution in [0.15, 0.2) is 60.7 Å². The Labute approximate surface area is 110 Å². The predicted molar refractivity (Wildman–Crippen MR) is 76.4 cm³/mol. The molecule has 0 spiro atoms. The van der Waals surface area contributed by atoms with Gasteiger partial charge in [0.25, 0.3) is 0 Å². The molecule has 96 valence electrons. The molecule has 2 rings (SSSR count). The molecule has 0 unspecified atom stereocenters. The van der Waals surface area contributed by atoms with E-state index in [4.69, 9.17) is 4.74 Å². The van der Waals surface area contributed by atoms with Gasteiger partial charge in [-0.2, -0.15) is 0 Å². The first-order chi connectivity index (χ1) is 8.86. The van der Waals surface area contributed by atoms with Crippen molar-refractivity contribution in [2.75, 3.05) is 14.1 Å². The van der Waals surface area contributed by atoms with Crippen LogP contribution in [0.2, 0.25) is 0 Å². The van der Waals surface area contributed by atoms with Crippen molar-refractivity contribution >= 4 is 0 Å². The topological polar surface area (TPSA) is 21.3 Å². The van der Waals surface area contributed by atoms with Gasteiger partial charge < -0.3 is 10.1 Å². The van der Waals surface area contributed by atoms with Crippen molar-refractivity contribution in [3.63, 3.8) is 0 Å². The van der Waals surface area contributed by atoms with Crippen LogP contribution in [0.4, 0.5) is 0 Å². The average Bonchev–Trinajstić information content (AvgIpc) is 2.42. The Balaban J connectivity index is 0.000000492. The van der Waals surface area contributed by atoms with Gasteiger partial charge in [0.15, 0.2) is 0 Å². The predicted octanol–water partition coefficient (Wildman–Crippen LogP) is 3.24. The van der Waals surface area contributed by atoms with Crippen LogP contribution in [0.5, 0.6) is 0 Å². The fourth-order valence-corrected chi connectivity index (χ4v) is 1.44. The first-order valence-corrected chi connectivity index (χ1v) is 6.11. The lowest BCUT2D eigenvalue weighted by Gasteiger charge is -2.03. The third-order valence-corrected chi connectivity index (χ3v) is 2.22. The zero-order chi connectivity index (χ0) is 13.1. The van der Waals surface area contributed by atoms with Gasteiger partial charge in [-0.15, -0.1) is 0 Å². The molecule has 2 heteroatoms. The zero-order valence-corrected chi connectivity index (χ0v) is 11.1. The zero-order valence-electron chi connectivity index (χ0n) is 11.1. The van der Waals surface area contributed by atoms with E-state index in [2.05, 4.69) is 29.6 Å². The van der Waals surface area contributed by atoms with Gasteiger partial charge in [0.1, 0.15) is 0 Å². The number of ether oxygens (including phenoxy) is 1. The summed E-state index contributed by atoms with van der Waals surface area (Å²) in [7, 11) is 3.75. The first-order valence-electron chi connectivity index (χ1n) is 6.11. The second-order valence-corrected chi connectivity index (χ2v) is 3.96. The summed E-state index contributed by atoms with van der Waals surface area (Å²) in [5.74, 6) is 0. The van der Waals surface area contributed by atoms with Gasteiger partial charge in [-0.1, -0.05) is 60.7 Å². The quantitative estimate of drug-likeness (QED) is 0.890. The van der Waals surface area contributed by atoms with Crippen LogP contribution in [0.1, 0.15) is 11.1 Å². The minimum atomic E-state index is 0.676. The fourth-order valence-electron chi connectivity index (χ4n) is 1.44. The SMILES string of the molecule is CNC.c1ccc(COCc2ccccc2)cc1. The summed E-state index contributed by atoms with van der Waals surface area (Å²) >= 11 is 0. The Morgan fingerprint density at radius 3 is 1.39 bits per heavy atom. The Bertz CT molecular complexity index is 360. The molecule has 0 amide bonds. The summed E-state index contributed by atoms with van der Waals surface area (Å²) in [5, 5.41) is 2.75. The molecule has 18 heavy (non-hydrogen) atoms. The Morgan fingerprint density at radius 1 is 0.722 bits per heavy atom. The molecular weight excluding hydrogens is 222 g/mol. The minimum Gasteiger partial charge on any atom is -0.372 e. The molecule has 0 atom stereocenters. The lowest BCUT2D eigenvalue weighted by molar-refractivity contribution is 0.107. The van der Waals surface area contributed by atoms with Crippen molar-refractivity contribution in [3.8, 4) is 0 Å². The Kier molecular flexibility index (Phi) is 7.53. The summed E-state index contributed by atoms with van der Waals surface area (Å²) in [6.45, 7) is 1.35. The van der Waals surface area contributed by atoms with Crippen molar-refractivity contribution in [1.82, 2.24) is 5.32 Å². The van der Waals surface area contributed by atoms with Gasteiger partial charge in [0.05, 0.1) is 13.2 Å². The highest BCUT2D eigenvalue weighted by molar-refractivity contribution is 5.15. The van der Waals surface area contributed by atoms with E-state index in [-0.39, 0.29) is 0 Å². The molecule has 0 fully saturated rings. The summed E-state index contributed by atoms with van der Waals surface area (Å²) in [4.78, 5) is 0. The average molecular weight is 243 g/mol. The largest absolute Gasteiger partial charge is 0.372 e. The standard InChI is InChI=1S/C14H14O.C2H7N/c1-3-7-13(8-4-1)11-15-12-14-9-5-2-6-10-14;1-3-2/h1-10H,11-12H2;3H,1-2H3. The van der Waals surface area contributed by atoms with Crippen molar-refractivity contribution in [2.24, 2.45) is 0 Å². The van der Waals surface area contributed by atoms with Crippen LogP contribution >= 0.6 is 0 Å². The van der Waals surface area contributed by atoms with Crippen LogP contribution in [0, 0.1) is 0 Å². The smallest absolute Gasteiger partial charge is 0.0721 e. The molecule has 0 radical (unpaired) electrons. The highest BCUT2D eigenvalue weighted by atomic mass is 16.5. The van der Waals surface area contributed by atoms with Gasteiger partial charge >= 0.3 is 0 Å². The van der Waals surface area contributed by atoms with Gasteiger partial charge in [0.2, 0.25) is 0 Å². The normalized spacial score (nSPS) is 9.44. The maximum Gasteiger partial charge on any atom is 0.0721 e. The summed E-state index contributed by atoms with van der Waals surface area (Å²) in [5.41, 5.74) is 2.43. The highest BCUT2D eigenvalue weighted by Crippen LogP contribution is 2.05. The third-order valence-electron chi connectivity index (χ3n) is 2.22. The van der Waals surface area contributed by atoms with E-state index in [1.165, 1.54) is 11.1 Å². The van der Waals surface area contributed by atoms with E-state index in [9.17, 15) is 0 Å². The maximum atomic E-state index is 5.61. The molecule has 0 aliphatic rings. The number of rotatable bonds is 4. The highest BCUT2D eigenvalue weighted by Gasteiger charge is 1.93. The molecule has 0 aliphatic heterocycles. The molecule has 2 aromatic rings. The third kappa shape index (κ3) is 6.18. The fraction of sp³-hybridized carbons (Fsp3) is 0.250. The number of nitrogens with one attached hydrogen (secondary N) is 1. The summed E-state index contributed by atoms with van der Waals surface area (Å²) < 4.78 is 5.61. The molecule has 0 heterocycles. The van der Waals surface area contributed by atoms with E-state index >= 15 is 0 Å². The van der Waals surface area contributed by atoms with Crippen LogP contribution in [0.3, 0.4) is 0 Å². The van der Waals surface area contributed by atoms with Crippen molar-refractivity contribution in [3.05, 3.63) is 71.8 Å². The molecule has 0 aromatic heterocycles. The lowest BCUT2D eigenvalue weighted by atomic mass is 10.2. The van der Waals surface area contributed by atoms with E-state index < -0.39 is 0 Å². The number of benzene rings is 2. The lowest BCUT2D eigenvalue weighted by Crippen LogP contribution is -1.93. The van der Waals surface area contributed by atoms with E-state index in [0.717, 1.165) is 0 Å². The second kappa shape index (κ2) is 9.40. The summed E-state index contributed by atoms with van der Waals surface area (Å²) in [6, 6.07) is 20.4. The van der Waals surface area contributed by atoms with E-state index in [1.54, 1.807) is 0 Å². The molecule has 2 nitrogen and oxygen atoms in total. The molecular formula is C16H21NO. The summed E-state index contributed by atoms with van der Waals surface area (Å²) in [6.07, 6.45) is 0. The van der Waals surface area contributed by atoms with E-state index in [1.807, 2.05) is 50.5 Å². The van der Waals surface area contributed by atoms with Crippen molar-refractivity contribution < 1.29 is 4.74 Å². The minimum absolute atomic E-state index is 0.676. The monoisotopic (exact) mass is 243 g/mol. The molecule has 0 aliphatic carbocycles. The Hall–Kier alpha value is -1.64. The van der Waals surface area contributed by atoms with Crippen LogP contribution in [0.25, 0.3) is 0 Å². The van der Waals surface area contributed by atoms with Crippen LogP contribution < -0.4 is 5.32 Å². The van der Waals surface area contributed by atoms with Crippen molar-refractivity contribution in [1.29, 1.82) is 0 Å². The molecule has 0 saturated heterocycles. The molecule has 2 aromatic carbocycles. The second-order valence-electron chi connectivity index (χ2n) is 3.96. The van der Waals surface area contributed by atoms with Gasteiger partial charge in [-0.25, -0.2) is 0 Å². The molecule has 1 N–H and O–H groups in total.